The third kappa shape index (κ3) is 9.96. The number of hydrogen-bond donors (Lipinski definition) is 0. The predicted molar refractivity (Wildman–Crippen MR) is 55.1 cm³/mol. The second-order valence-corrected chi connectivity index (χ2v) is 4.05. The molecule has 1 nitrogen and oxygen atoms in total. The van der Waals surface area contributed by atoms with Crippen LogP contribution in [-0.2, 0) is 0 Å². The minimum absolute atomic E-state index is 0.617. The number of nitrogens with one attached hydrogen (secondary N) is 1. The summed E-state index contributed by atoms with van der Waals surface area (Å²) in [4.78, 5) is 0. The summed E-state index contributed by atoms with van der Waals surface area (Å²) in [6.07, 6.45) is 9.28. The van der Waals surface area contributed by atoms with Crippen molar-refractivity contribution in [1.29, 1.82) is 0 Å². The van der Waals surface area contributed by atoms with Crippen molar-refractivity contribution >= 4 is 0 Å². The molecule has 0 spiro atoms. The quantitative estimate of drug-likeness (QED) is 0.496. The van der Waals surface area contributed by atoms with Crippen molar-refractivity contribution in [3.05, 3.63) is 0 Å². The second kappa shape index (κ2) is 9.05. The van der Waals surface area contributed by atoms with E-state index in [0.717, 1.165) is 12.3 Å². The third-order valence-corrected chi connectivity index (χ3v) is 2.21. The van der Waals surface area contributed by atoms with Gasteiger partial charge in [-0.1, -0.05) is 52.4 Å². The van der Waals surface area contributed by atoms with E-state index in [1.54, 1.807) is 0 Å². The first-order valence-electron chi connectivity index (χ1n) is 5.42. The van der Waals surface area contributed by atoms with Crippen LogP contribution in [0.5, 0.6) is 0 Å². The standard InChI is InChI=1S/C11H24N/c1-11(2)9-7-5-3-4-6-8-10-12/h11-12H,3-10H2,1-2H3. The number of rotatable bonds is 8. The van der Waals surface area contributed by atoms with Crippen LogP contribution in [0, 0.1) is 5.92 Å². The molecule has 0 aliphatic rings. The maximum Gasteiger partial charge on any atom is 0.00997 e. The molecule has 73 valence electrons. The van der Waals surface area contributed by atoms with Gasteiger partial charge in [0.1, 0.15) is 0 Å². The summed E-state index contributed by atoms with van der Waals surface area (Å²) in [6, 6.07) is 0. The molecule has 12 heavy (non-hydrogen) atoms. The molecule has 0 saturated heterocycles. The van der Waals surface area contributed by atoms with E-state index < -0.39 is 0 Å². The van der Waals surface area contributed by atoms with Crippen LogP contribution in [0.4, 0.5) is 0 Å². The zero-order valence-corrected chi connectivity index (χ0v) is 8.73. The molecule has 0 aromatic rings. The van der Waals surface area contributed by atoms with E-state index in [2.05, 4.69) is 13.8 Å². The second-order valence-electron chi connectivity index (χ2n) is 4.05. The lowest BCUT2D eigenvalue weighted by Gasteiger charge is -2.03. The Morgan fingerprint density at radius 1 is 0.833 bits per heavy atom. The molecule has 0 aliphatic carbocycles. The Balaban J connectivity index is 2.82. The highest BCUT2D eigenvalue weighted by atomic mass is 14.5. The molecule has 0 atom stereocenters. The van der Waals surface area contributed by atoms with E-state index in [1.807, 2.05) is 0 Å². The molecular weight excluding hydrogens is 146 g/mol. The van der Waals surface area contributed by atoms with Gasteiger partial charge in [-0.05, 0) is 12.3 Å². The highest BCUT2D eigenvalue weighted by molar-refractivity contribution is 4.48. The zero-order chi connectivity index (χ0) is 9.23. The number of hydrogen-bond acceptors (Lipinski definition) is 0. The molecule has 0 rings (SSSR count). The maximum absolute atomic E-state index is 6.98. The molecule has 1 N–H and O–H groups in total. The SMILES string of the molecule is CC(C)CCCCCCCC[NH]. The summed E-state index contributed by atoms with van der Waals surface area (Å²) in [5.41, 5.74) is 6.98. The van der Waals surface area contributed by atoms with E-state index in [9.17, 15) is 0 Å². The van der Waals surface area contributed by atoms with Gasteiger partial charge in [-0.15, -0.1) is 0 Å². The van der Waals surface area contributed by atoms with Gasteiger partial charge < -0.3 is 0 Å². The Morgan fingerprint density at radius 2 is 1.33 bits per heavy atom. The van der Waals surface area contributed by atoms with Gasteiger partial charge >= 0.3 is 0 Å². The summed E-state index contributed by atoms with van der Waals surface area (Å²) in [7, 11) is 0. The fourth-order valence-corrected chi connectivity index (χ4v) is 1.38. The van der Waals surface area contributed by atoms with Gasteiger partial charge in [-0.2, -0.15) is 0 Å². The van der Waals surface area contributed by atoms with Crippen LogP contribution in [0.2, 0.25) is 0 Å². The van der Waals surface area contributed by atoms with Crippen molar-refractivity contribution in [2.24, 2.45) is 5.92 Å². The number of unbranched alkanes of at least 4 members (excludes halogenated alkanes) is 5. The molecule has 1 radical (unpaired) electrons. The molecule has 0 bridgehead atoms. The van der Waals surface area contributed by atoms with Crippen molar-refractivity contribution in [3.8, 4) is 0 Å². The van der Waals surface area contributed by atoms with E-state index in [1.165, 1.54) is 38.5 Å². The molecule has 0 saturated carbocycles. The van der Waals surface area contributed by atoms with Gasteiger partial charge in [0.25, 0.3) is 0 Å². The molecule has 0 aliphatic heterocycles. The highest BCUT2D eigenvalue weighted by Crippen LogP contribution is 2.10. The Labute approximate surface area is 77.7 Å². The van der Waals surface area contributed by atoms with Crippen molar-refractivity contribution in [2.75, 3.05) is 6.54 Å². The predicted octanol–water partition coefficient (Wildman–Crippen LogP) is 3.66. The Hall–Kier alpha value is -0.0400. The zero-order valence-electron chi connectivity index (χ0n) is 8.73. The van der Waals surface area contributed by atoms with Crippen LogP contribution in [0.3, 0.4) is 0 Å². The molecule has 0 aromatic heterocycles. The fourth-order valence-electron chi connectivity index (χ4n) is 1.38. The van der Waals surface area contributed by atoms with E-state index >= 15 is 0 Å². The average Bonchev–Trinajstić information content (AvgIpc) is 2.02. The summed E-state index contributed by atoms with van der Waals surface area (Å²) < 4.78 is 0. The minimum atomic E-state index is 0.617. The highest BCUT2D eigenvalue weighted by Gasteiger charge is 1.94. The van der Waals surface area contributed by atoms with Gasteiger partial charge in [-0.3, -0.25) is 5.73 Å². The van der Waals surface area contributed by atoms with Crippen LogP contribution in [-0.4, -0.2) is 6.54 Å². The van der Waals surface area contributed by atoms with Crippen LogP contribution in [0.1, 0.15) is 58.8 Å². The molecule has 0 heterocycles. The van der Waals surface area contributed by atoms with Crippen LogP contribution < -0.4 is 5.73 Å². The van der Waals surface area contributed by atoms with Crippen molar-refractivity contribution in [2.45, 2.75) is 58.8 Å². The summed E-state index contributed by atoms with van der Waals surface area (Å²) in [5, 5.41) is 0. The molecule has 0 aromatic carbocycles. The minimum Gasteiger partial charge on any atom is -0.258 e. The van der Waals surface area contributed by atoms with E-state index in [0.29, 0.717) is 6.54 Å². The Morgan fingerprint density at radius 3 is 1.83 bits per heavy atom. The normalized spacial score (nSPS) is 11.0. The van der Waals surface area contributed by atoms with Crippen molar-refractivity contribution < 1.29 is 0 Å². The van der Waals surface area contributed by atoms with Crippen molar-refractivity contribution in [1.82, 2.24) is 5.73 Å². The third-order valence-electron chi connectivity index (χ3n) is 2.21. The first-order valence-corrected chi connectivity index (χ1v) is 5.42. The molecule has 1 heteroatoms. The van der Waals surface area contributed by atoms with Crippen LogP contribution in [0.25, 0.3) is 0 Å². The van der Waals surface area contributed by atoms with E-state index in [4.69, 9.17) is 5.73 Å². The average molecular weight is 170 g/mol. The fraction of sp³-hybridized carbons (Fsp3) is 1.00. The van der Waals surface area contributed by atoms with Gasteiger partial charge in [0, 0.05) is 6.54 Å². The maximum atomic E-state index is 6.98. The largest absolute Gasteiger partial charge is 0.258 e. The molecule has 0 fully saturated rings. The van der Waals surface area contributed by atoms with Gasteiger partial charge in [0.2, 0.25) is 0 Å². The smallest absolute Gasteiger partial charge is 0.00997 e. The first-order chi connectivity index (χ1) is 5.77. The van der Waals surface area contributed by atoms with Gasteiger partial charge in [-0.25, -0.2) is 0 Å². The van der Waals surface area contributed by atoms with Crippen molar-refractivity contribution in [3.63, 3.8) is 0 Å². The summed E-state index contributed by atoms with van der Waals surface area (Å²) in [6.45, 7) is 5.20. The van der Waals surface area contributed by atoms with Gasteiger partial charge in [0.05, 0.1) is 0 Å². The first kappa shape index (κ1) is 12.0. The lowest BCUT2D eigenvalue weighted by Crippen LogP contribution is -1.88. The lowest BCUT2D eigenvalue weighted by atomic mass is 10.0. The molecule has 0 unspecified atom stereocenters. The molecule has 0 amide bonds. The topological polar surface area (TPSA) is 23.8 Å². The van der Waals surface area contributed by atoms with Gasteiger partial charge in [0.15, 0.2) is 0 Å². The van der Waals surface area contributed by atoms with Crippen LogP contribution >= 0.6 is 0 Å². The van der Waals surface area contributed by atoms with Crippen LogP contribution in [0.15, 0.2) is 0 Å². The summed E-state index contributed by atoms with van der Waals surface area (Å²) >= 11 is 0. The van der Waals surface area contributed by atoms with E-state index in [-0.39, 0.29) is 0 Å². The molecular formula is C11H24N. The Bertz CT molecular complexity index is 79.1. The summed E-state index contributed by atoms with van der Waals surface area (Å²) in [5.74, 6) is 0.873. The lowest BCUT2D eigenvalue weighted by molar-refractivity contribution is 0.512. The monoisotopic (exact) mass is 170 g/mol. The Kier molecular flexibility index (Phi) is 9.02.